The lowest BCUT2D eigenvalue weighted by atomic mass is 10.1. The number of methoxy groups -OCH3 is 1. The summed E-state index contributed by atoms with van der Waals surface area (Å²) in [5.74, 6) is 0.0874. The molecule has 26 heavy (non-hydrogen) atoms. The molecule has 6 nitrogen and oxygen atoms in total. The number of aliphatic hydroxyl groups is 1. The van der Waals surface area contributed by atoms with Gasteiger partial charge >= 0.3 is 0 Å². The van der Waals surface area contributed by atoms with E-state index in [1.54, 1.807) is 18.1 Å². The first-order chi connectivity index (χ1) is 12.6. The summed E-state index contributed by atoms with van der Waals surface area (Å²) in [4.78, 5) is 28.0. The minimum absolute atomic E-state index is 0.0398. The highest BCUT2D eigenvalue weighted by Gasteiger charge is 2.31. The van der Waals surface area contributed by atoms with Gasteiger partial charge in [-0.05, 0) is 17.7 Å². The number of ether oxygens (including phenoxy) is 1. The van der Waals surface area contributed by atoms with Crippen molar-refractivity contribution in [2.24, 2.45) is 0 Å². The molecular weight excluding hydrogens is 332 g/mol. The summed E-state index contributed by atoms with van der Waals surface area (Å²) in [7, 11) is 1.58. The van der Waals surface area contributed by atoms with E-state index in [1.807, 2.05) is 48.5 Å². The van der Waals surface area contributed by atoms with Crippen LogP contribution < -0.4 is 9.64 Å². The van der Waals surface area contributed by atoms with Crippen LogP contribution >= 0.6 is 0 Å². The average molecular weight is 354 g/mol. The molecule has 136 valence electrons. The van der Waals surface area contributed by atoms with E-state index in [1.165, 1.54) is 4.90 Å². The predicted octanol–water partition coefficient (Wildman–Crippen LogP) is 1.47. The third-order valence-electron chi connectivity index (χ3n) is 4.45. The summed E-state index contributed by atoms with van der Waals surface area (Å²) in [6.07, 6.45) is -0.905. The van der Waals surface area contributed by atoms with Crippen molar-refractivity contribution in [1.29, 1.82) is 0 Å². The predicted molar refractivity (Wildman–Crippen MR) is 98.1 cm³/mol. The van der Waals surface area contributed by atoms with E-state index in [0.717, 1.165) is 11.3 Å². The molecule has 2 aromatic carbocycles. The Morgan fingerprint density at radius 2 is 1.92 bits per heavy atom. The third kappa shape index (κ3) is 4.03. The summed E-state index contributed by atoms with van der Waals surface area (Å²) in [5, 5.41) is 10.2. The molecule has 1 saturated heterocycles. The number of nitrogens with zero attached hydrogens (tertiary/aromatic N) is 2. The van der Waals surface area contributed by atoms with Gasteiger partial charge in [0, 0.05) is 31.3 Å². The number of hydrogen-bond acceptors (Lipinski definition) is 4. The maximum atomic E-state index is 12.5. The molecule has 6 heteroatoms. The summed E-state index contributed by atoms with van der Waals surface area (Å²) in [5.41, 5.74) is 1.63. The molecule has 1 heterocycles. The summed E-state index contributed by atoms with van der Waals surface area (Å²) < 4.78 is 5.19. The zero-order chi connectivity index (χ0) is 18.5. The first-order valence-electron chi connectivity index (χ1n) is 8.53. The largest absolute Gasteiger partial charge is 0.497 e. The highest BCUT2D eigenvalue weighted by atomic mass is 16.5. The highest BCUT2D eigenvalue weighted by molar-refractivity contribution is 5.98. The number of piperazine rings is 1. The van der Waals surface area contributed by atoms with Crippen molar-refractivity contribution < 1.29 is 19.4 Å². The van der Waals surface area contributed by atoms with Gasteiger partial charge in [-0.2, -0.15) is 0 Å². The fraction of sp³-hybridized carbons (Fsp3) is 0.300. The number of hydrogen-bond donors (Lipinski definition) is 1. The van der Waals surface area contributed by atoms with E-state index >= 15 is 0 Å². The van der Waals surface area contributed by atoms with Gasteiger partial charge in [0.25, 0.3) is 5.91 Å². The van der Waals surface area contributed by atoms with Crippen LogP contribution in [0.2, 0.25) is 0 Å². The Labute approximate surface area is 152 Å². The molecule has 0 bridgehead atoms. The summed E-state index contributed by atoms with van der Waals surface area (Å²) in [6, 6.07) is 16.6. The molecule has 1 aliphatic rings. The Morgan fingerprint density at radius 1 is 1.15 bits per heavy atom. The third-order valence-corrected chi connectivity index (χ3v) is 4.45. The monoisotopic (exact) mass is 354 g/mol. The molecule has 0 aromatic heterocycles. The number of amides is 2. The van der Waals surface area contributed by atoms with Crippen molar-refractivity contribution in [2.75, 3.05) is 31.6 Å². The van der Waals surface area contributed by atoms with E-state index in [-0.39, 0.29) is 18.9 Å². The van der Waals surface area contributed by atoms with Gasteiger partial charge in [0.1, 0.15) is 18.4 Å². The normalized spacial score (nSPS) is 15.7. The van der Waals surface area contributed by atoms with Crippen LogP contribution in [0.25, 0.3) is 0 Å². The van der Waals surface area contributed by atoms with Crippen molar-refractivity contribution in [3.63, 3.8) is 0 Å². The quantitative estimate of drug-likeness (QED) is 0.883. The second-order valence-electron chi connectivity index (χ2n) is 6.21. The summed E-state index contributed by atoms with van der Waals surface area (Å²) in [6.45, 7) is 0.728. The molecule has 1 atom stereocenters. The number of aliphatic hydroxyl groups excluding tert-OH is 1. The Hall–Kier alpha value is -2.86. The Kier molecular flexibility index (Phi) is 5.53. The number of anilines is 1. The minimum atomic E-state index is -1.14. The first-order valence-corrected chi connectivity index (χ1v) is 8.53. The number of rotatable bonds is 5. The van der Waals surface area contributed by atoms with Crippen molar-refractivity contribution in [1.82, 2.24) is 4.90 Å². The van der Waals surface area contributed by atoms with Gasteiger partial charge in [-0.25, -0.2) is 0 Å². The van der Waals surface area contributed by atoms with Gasteiger partial charge in [-0.3, -0.25) is 9.59 Å². The maximum absolute atomic E-state index is 12.5. The molecule has 0 unspecified atom stereocenters. The average Bonchev–Trinajstić information content (AvgIpc) is 2.68. The van der Waals surface area contributed by atoms with Gasteiger partial charge in [0.2, 0.25) is 5.91 Å². The second-order valence-corrected chi connectivity index (χ2v) is 6.21. The fourth-order valence-corrected chi connectivity index (χ4v) is 3.05. The number of carbonyl (C=O) groups is 2. The zero-order valence-corrected chi connectivity index (χ0v) is 14.7. The highest BCUT2D eigenvalue weighted by Crippen LogP contribution is 2.23. The van der Waals surface area contributed by atoms with E-state index in [4.69, 9.17) is 4.74 Å². The van der Waals surface area contributed by atoms with Crippen molar-refractivity contribution in [3.05, 3.63) is 60.2 Å². The van der Waals surface area contributed by atoms with Crippen LogP contribution in [-0.4, -0.2) is 54.7 Å². The molecular formula is C20H22N2O4. The number of benzene rings is 2. The molecule has 0 aliphatic carbocycles. The molecule has 0 radical (unpaired) electrons. The van der Waals surface area contributed by atoms with E-state index in [0.29, 0.717) is 18.8 Å². The van der Waals surface area contributed by atoms with Crippen LogP contribution in [0.4, 0.5) is 5.69 Å². The molecule has 1 N–H and O–H groups in total. The molecule has 0 spiro atoms. The van der Waals surface area contributed by atoms with Crippen LogP contribution in [0.15, 0.2) is 54.6 Å². The minimum Gasteiger partial charge on any atom is -0.497 e. The van der Waals surface area contributed by atoms with Gasteiger partial charge in [0.15, 0.2) is 0 Å². The van der Waals surface area contributed by atoms with Crippen LogP contribution in [0.5, 0.6) is 5.75 Å². The standard InChI is InChI=1S/C20H22N2O4/c1-26-17-9-5-8-16(13-17)22-11-10-21(14-19(22)24)20(25)18(23)12-15-6-3-2-4-7-15/h2-9,13,18,23H,10-12,14H2,1H3/t18-/m0/s1. The Balaban J connectivity index is 1.62. The van der Waals surface area contributed by atoms with E-state index in [9.17, 15) is 14.7 Å². The Bertz CT molecular complexity index is 778. The molecule has 2 aromatic rings. The SMILES string of the molecule is COc1cccc(N2CCN(C(=O)[C@@H](O)Cc3ccccc3)CC2=O)c1. The smallest absolute Gasteiger partial charge is 0.252 e. The molecule has 1 fully saturated rings. The van der Waals surface area contributed by atoms with Crippen LogP contribution in [0.1, 0.15) is 5.56 Å². The lowest BCUT2D eigenvalue weighted by molar-refractivity contribution is -0.144. The van der Waals surface area contributed by atoms with Crippen molar-refractivity contribution in [3.8, 4) is 5.75 Å². The second kappa shape index (κ2) is 8.01. The van der Waals surface area contributed by atoms with Crippen LogP contribution in [0, 0.1) is 0 Å². The topological polar surface area (TPSA) is 70.1 Å². The van der Waals surface area contributed by atoms with Gasteiger partial charge in [-0.1, -0.05) is 36.4 Å². The molecule has 3 rings (SSSR count). The maximum Gasteiger partial charge on any atom is 0.252 e. The zero-order valence-electron chi connectivity index (χ0n) is 14.7. The van der Waals surface area contributed by atoms with Crippen LogP contribution in [-0.2, 0) is 16.0 Å². The van der Waals surface area contributed by atoms with E-state index in [2.05, 4.69) is 0 Å². The lowest BCUT2D eigenvalue weighted by Gasteiger charge is -2.35. The molecule has 1 aliphatic heterocycles. The first kappa shape index (κ1) is 17.9. The van der Waals surface area contributed by atoms with E-state index < -0.39 is 12.0 Å². The van der Waals surface area contributed by atoms with Crippen molar-refractivity contribution >= 4 is 17.5 Å². The fourth-order valence-electron chi connectivity index (χ4n) is 3.05. The van der Waals surface area contributed by atoms with Gasteiger partial charge in [0.05, 0.1) is 7.11 Å². The van der Waals surface area contributed by atoms with Crippen molar-refractivity contribution in [2.45, 2.75) is 12.5 Å². The summed E-state index contributed by atoms with van der Waals surface area (Å²) >= 11 is 0. The van der Waals surface area contributed by atoms with Crippen LogP contribution in [0.3, 0.4) is 0 Å². The van der Waals surface area contributed by atoms with Gasteiger partial charge in [-0.15, -0.1) is 0 Å². The lowest BCUT2D eigenvalue weighted by Crippen LogP contribution is -2.54. The van der Waals surface area contributed by atoms with Gasteiger partial charge < -0.3 is 19.6 Å². The number of carbonyl (C=O) groups excluding carboxylic acids is 2. The Morgan fingerprint density at radius 3 is 2.62 bits per heavy atom. The molecule has 0 saturated carbocycles. The molecule has 2 amide bonds.